The van der Waals surface area contributed by atoms with Crippen molar-refractivity contribution in [3.63, 3.8) is 0 Å². The van der Waals surface area contributed by atoms with Gasteiger partial charge in [-0.1, -0.05) is 6.07 Å². The Morgan fingerprint density at radius 2 is 1.89 bits per heavy atom. The van der Waals surface area contributed by atoms with E-state index in [9.17, 15) is 10.5 Å². The third kappa shape index (κ3) is 2.99. The molecule has 2 N–H and O–H groups in total. The van der Waals surface area contributed by atoms with E-state index in [0.717, 1.165) is 38.0 Å². The van der Waals surface area contributed by atoms with Crippen molar-refractivity contribution >= 4 is 44.7 Å². The molecule has 2 aromatic rings. The van der Waals surface area contributed by atoms with Gasteiger partial charge in [-0.3, -0.25) is 0 Å². The molecule has 0 unspecified atom stereocenters. The SMILES string of the molecule is CC1=C(C#N)c2nc(N)c(C#N)c(C)c2/C1=C/c1ccc(N(C)C)c(Br)c1. The Hall–Kier alpha value is -3.09. The molecule has 27 heavy (non-hydrogen) atoms. The predicted octanol–water partition coefficient (Wildman–Crippen LogP) is 4.52. The Labute approximate surface area is 167 Å². The zero-order valence-electron chi connectivity index (χ0n) is 15.6. The first-order valence-electron chi connectivity index (χ1n) is 8.31. The lowest BCUT2D eigenvalue weighted by Crippen LogP contribution is -2.09. The van der Waals surface area contributed by atoms with Crippen LogP contribution in [0.4, 0.5) is 11.5 Å². The van der Waals surface area contributed by atoms with Crippen LogP contribution in [0.5, 0.6) is 0 Å². The number of allylic oxidation sites excluding steroid dienone is 3. The molecule has 5 nitrogen and oxygen atoms in total. The van der Waals surface area contributed by atoms with Gasteiger partial charge in [-0.05, 0) is 70.3 Å². The Bertz CT molecular complexity index is 1110. The first-order chi connectivity index (χ1) is 12.8. The summed E-state index contributed by atoms with van der Waals surface area (Å²) in [5.41, 5.74) is 12.7. The number of rotatable bonds is 2. The molecule has 0 atom stereocenters. The predicted molar refractivity (Wildman–Crippen MR) is 113 cm³/mol. The van der Waals surface area contributed by atoms with Crippen molar-refractivity contribution in [3.05, 3.63) is 56.2 Å². The van der Waals surface area contributed by atoms with E-state index < -0.39 is 0 Å². The fourth-order valence-corrected chi connectivity index (χ4v) is 4.09. The number of hydrogen-bond acceptors (Lipinski definition) is 5. The lowest BCUT2D eigenvalue weighted by atomic mass is 9.95. The van der Waals surface area contributed by atoms with Crippen LogP contribution in [0.15, 0.2) is 28.2 Å². The van der Waals surface area contributed by atoms with Gasteiger partial charge in [0.05, 0.1) is 22.5 Å². The number of nitrogen functional groups attached to an aromatic ring is 1. The smallest absolute Gasteiger partial charge is 0.142 e. The summed E-state index contributed by atoms with van der Waals surface area (Å²) in [5.74, 6) is 0.161. The highest BCUT2D eigenvalue weighted by molar-refractivity contribution is 9.10. The van der Waals surface area contributed by atoms with Crippen molar-refractivity contribution in [2.24, 2.45) is 0 Å². The average molecular weight is 420 g/mol. The Morgan fingerprint density at radius 1 is 1.19 bits per heavy atom. The molecular weight excluding hydrogens is 402 g/mol. The average Bonchev–Trinajstić information content (AvgIpc) is 2.86. The van der Waals surface area contributed by atoms with Crippen LogP contribution in [0.1, 0.15) is 34.9 Å². The molecule has 0 bridgehead atoms. The lowest BCUT2D eigenvalue weighted by Gasteiger charge is -2.15. The third-order valence-electron chi connectivity index (χ3n) is 4.75. The topological polar surface area (TPSA) is 89.7 Å². The van der Waals surface area contributed by atoms with E-state index in [1.54, 1.807) is 0 Å². The molecule has 0 saturated carbocycles. The maximum atomic E-state index is 9.62. The van der Waals surface area contributed by atoms with E-state index in [4.69, 9.17) is 5.73 Å². The van der Waals surface area contributed by atoms with Crippen LogP contribution in [0.3, 0.4) is 0 Å². The van der Waals surface area contributed by atoms with E-state index in [1.165, 1.54) is 0 Å². The van der Waals surface area contributed by atoms with Crippen LogP contribution in [0.25, 0.3) is 17.2 Å². The number of fused-ring (bicyclic) bond motifs is 1. The molecule has 0 fully saturated rings. The van der Waals surface area contributed by atoms with Crippen molar-refractivity contribution in [2.75, 3.05) is 24.7 Å². The van der Waals surface area contributed by atoms with Crippen LogP contribution in [0.2, 0.25) is 0 Å². The second-order valence-corrected chi connectivity index (χ2v) is 7.46. The number of anilines is 2. The summed E-state index contributed by atoms with van der Waals surface area (Å²) >= 11 is 3.61. The maximum Gasteiger partial charge on any atom is 0.142 e. The van der Waals surface area contributed by atoms with Crippen molar-refractivity contribution in [1.29, 1.82) is 10.5 Å². The van der Waals surface area contributed by atoms with Gasteiger partial charge in [0.2, 0.25) is 0 Å². The molecule has 0 amide bonds. The summed E-state index contributed by atoms with van der Waals surface area (Å²) in [6, 6.07) is 10.4. The van der Waals surface area contributed by atoms with Crippen molar-refractivity contribution in [1.82, 2.24) is 4.98 Å². The third-order valence-corrected chi connectivity index (χ3v) is 5.38. The summed E-state index contributed by atoms with van der Waals surface area (Å²) in [4.78, 5) is 6.38. The van der Waals surface area contributed by atoms with Crippen molar-refractivity contribution in [3.8, 4) is 12.1 Å². The first-order valence-corrected chi connectivity index (χ1v) is 9.10. The Morgan fingerprint density at radius 3 is 2.44 bits per heavy atom. The van der Waals surface area contributed by atoms with Gasteiger partial charge in [-0.25, -0.2) is 4.98 Å². The fraction of sp³-hybridized carbons (Fsp3) is 0.190. The lowest BCUT2D eigenvalue weighted by molar-refractivity contribution is 1.12. The second kappa shape index (κ2) is 6.90. The monoisotopic (exact) mass is 419 g/mol. The number of nitriles is 2. The molecule has 0 radical (unpaired) electrons. The summed E-state index contributed by atoms with van der Waals surface area (Å²) in [6.45, 7) is 3.75. The number of aromatic nitrogens is 1. The molecule has 1 heterocycles. The molecular formula is C21H18BrN5. The molecule has 1 aromatic carbocycles. The summed E-state index contributed by atoms with van der Waals surface area (Å²) < 4.78 is 0.979. The van der Waals surface area contributed by atoms with Gasteiger partial charge < -0.3 is 10.6 Å². The fourth-order valence-electron chi connectivity index (χ4n) is 3.34. The van der Waals surface area contributed by atoms with E-state index >= 15 is 0 Å². The number of nitrogens with two attached hydrogens (primary N) is 1. The molecule has 0 aliphatic heterocycles. The van der Waals surface area contributed by atoms with Crippen LogP contribution >= 0.6 is 15.9 Å². The zero-order valence-corrected chi connectivity index (χ0v) is 17.1. The minimum Gasteiger partial charge on any atom is -0.383 e. The Kier molecular flexibility index (Phi) is 4.78. The second-order valence-electron chi connectivity index (χ2n) is 6.61. The van der Waals surface area contributed by atoms with E-state index in [1.807, 2.05) is 57.1 Å². The Balaban J connectivity index is 2.26. The van der Waals surface area contributed by atoms with E-state index in [0.29, 0.717) is 16.8 Å². The van der Waals surface area contributed by atoms with Crippen LogP contribution in [-0.4, -0.2) is 19.1 Å². The summed E-state index contributed by atoms with van der Waals surface area (Å²) in [6.07, 6.45) is 2.02. The van der Waals surface area contributed by atoms with Crippen molar-refractivity contribution < 1.29 is 0 Å². The standard InChI is InChI=1S/C21H18BrN5/c1-11-14(7-13-5-6-18(27(3)4)17(22)8-13)19-12(2)16(10-24)21(25)26-20(19)15(11)9-23/h5-8H,1-4H3,(H2,25,26)/b14-7+. The van der Waals surface area contributed by atoms with E-state index in [-0.39, 0.29) is 5.82 Å². The maximum absolute atomic E-state index is 9.62. The van der Waals surface area contributed by atoms with Gasteiger partial charge in [-0.2, -0.15) is 10.5 Å². The highest BCUT2D eigenvalue weighted by Crippen LogP contribution is 2.44. The highest BCUT2D eigenvalue weighted by Gasteiger charge is 2.29. The van der Waals surface area contributed by atoms with Gasteiger partial charge in [0.15, 0.2) is 0 Å². The molecule has 3 rings (SSSR count). The van der Waals surface area contributed by atoms with Crippen molar-refractivity contribution in [2.45, 2.75) is 13.8 Å². The quantitative estimate of drug-likeness (QED) is 0.772. The summed E-state index contributed by atoms with van der Waals surface area (Å²) in [5, 5.41) is 19.1. The number of pyridine rings is 1. The molecule has 1 aromatic heterocycles. The number of hydrogen-bond donors (Lipinski definition) is 1. The van der Waals surface area contributed by atoms with Gasteiger partial charge in [0, 0.05) is 24.1 Å². The highest BCUT2D eigenvalue weighted by atomic mass is 79.9. The normalized spacial score (nSPS) is 14.1. The van der Waals surface area contributed by atoms with Gasteiger partial charge in [0.25, 0.3) is 0 Å². The van der Waals surface area contributed by atoms with Crippen LogP contribution in [-0.2, 0) is 0 Å². The zero-order chi connectivity index (χ0) is 19.9. The number of halogens is 1. The van der Waals surface area contributed by atoms with Crippen LogP contribution < -0.4 is 10.6 Å². The number of benzene rings is 1. The molecule has 0 spiro atoms. The van der Waals surface area contributed by atoms with Gasteiger partial charge >= 0.3 is 0 Å². The van der Waals surface area contributed by atoms with E-state index in [2.05, 4.69) is 33.1 Å². The first kappa shape index (κ1) is 18.7. The largest absolute Gasteiger partial charge is 0.383 e. The molecule has 0 saturated heterocycles. The van der Waals surface area contributed by atoms with Gasteiger partial charge in [-0.15, -0.1) is 0 Å². The van der Waals surface area contributed by atoms with Crippen LogP contribution in [0, 0.1) is 29.6 Å². The van der Waals surface area contributed by atoms with Gasteiger partial charge in [0.1, 0.15) is 18.0 Å². The summed E-state index contributed by atoms with van der Waals surface area (Å²) in [7, 11) is 3.97. The minimum atomic E-state index is 0.161. The molecule has 134 valence electrons. The molecule has 1 aliphatic carbocycles. The number of nitrogens with zero attached hydrogens (tertiary/aromatic N) is 4. The minimum absolute atomic E-state index is 0.161. The molecule has 6 heteroatoms. The molecule has 1 aliphatic rings.